The fraction of sp³-hybridized carbons (Fsp3) is 0.0526. The molecule has 0 aliphatic rings. The predicted octanol–water partition coefficient (Wildman–Crippen LogP) is 2.67. The van der Waals surface area contributed by atoms with Crippen LogP contribution in [-0.4, -0.2) is 18.4 Å². The van der Waals surface area contributed by atoms with Crippen molar-refractivity contribution in [3.63, 3.8) is 0 Å². The highest BCUT2D eigenvalue weighted by Gasteiger charge is 2.04. The van der Waals surface area contributed by atoms with Crippen LogP contribution in [-0.2, 0) is 9.59 Å². The Morgan fingerprint density at radius 1 is 1.00 bits per heavy atom. The smallest absolute Gasteiger partial charge is 0.276 e. The van der Waals surface area contributed by atoms with Crippen LogP contribution in [0.1, 0.15) is 5.76 Å². The van der Waals surface area contributed by atoms with E-state index in [0.717, 1.165) is 10.8 Å². The summed E-state index contributed by atoms with van der Waals surface area (Å²) in [5, 5.41) is 2.12. The van der Waals surface area contributed by atoms with Crippen LogP contribution in [0.25, 0.3) is 16.8 Å². The van der Waals surface area contributed by atoms with Crippen LogP contribution in [0.15, 0.2) is 71.4 Å². The molecule has 3 rings (SSSR count). The summed E-state index contributed by atoms with van der Waals surface area (Å²) in [7, 11) is 0. The quantitative estimate of drug-likeness (QED) is 0.554. The lowest BCUT2D eigenvalue weighted by atomic mass is 10.1. The fourth-order valence-corrected chi connectivity index (χ4v) is 2.16. The maximum atomic E-state index is 11.7. The number of hydrogen-bond acceptors (Lipinski definition) is 4. The van der Waals surface area contributed by atoms with Gasteiger partial charge in [0.15, 0.2) is 6.61 Å². The lowest BCUT2D eigenvalue weighted by Crippen LogP contribution is -2.43. The highest BCUT2D eigenvalue weighted by Crippen LogP contribution is 2.20. The normalized spacial score (nSPS) is 10.7. The van der Waals surface area contributed by atoms with E-state index < -0.39 is 11.8 Å². The first-order chi connectivity index (χ1) is 12.2. The van der Waals surface area contributed by atoms with Gasteiger partial charge >= 0.3 is 0 Å². The van der Waals surface area contributed by atoms with E-state index in [-0.39, 0.29) is 6.61 Å². The molecule has 1 heterocycles. The predicted molar refractivity (Wildman–Crippen MR) is 93.5 cm³/mol. The van der Waals surface area contributed by atoms with Crippen LogP contribution in [0.3, 0.4) is 0 Å². The molecule has 0 unspecified atom stereocenters. The highest BCUT2D eigenvalue weighted by molar-refractivity contribution is 5.93. The summed E-state index contributed by atoms with van der Waals surface area (Å²) in [6, 6.07) is 16.8. The van der Waals surface area contributed by atoms with Crippen molar-refractivity contribution in [2.75, 3.05) is 6.61 Å². The molecule has 0 atom stereocenters. The Kier molecular flexibility index (Phi) is 5.11. The Bertz CT molecular complexity index is 901. The number of benzene rings is 2. The van der Waals surface area contributed by atoms with Gasteiger partial charge in [-0.1, -0.05) is 30.3 Å². The Hall–Kier alpha value is -3.54. The van der Waals surface area contributed by atoms with Crippen molar-refractivity contribution >= 4 is 28.7 Å². The van der Waals surface area contributed by atoms with Gasteiger partial charge in [-0.05, 0) is 41.1 Å². The van der Waals surface area contributed by atoms with Gasteiger partial charge < -0.3 is 9.15 Å². The van der Waals surface area contributed by atoms with Crippen LogP contribution < -0.4 is 15.6 Å². The number of rotatable bonds is 5. The van der Waals surface area contributed by atoms with Gasteiger partial charge in [0.05, 0.1) is 6.26 Å². The van der Waals surface area contributed by atoms with Gasteiger partial charge in [-0.25, -0.2) is 0 Å². The molecule has 126 valence electrons. The Morgan fingerprint density at radius 3 is 2.64 bits per heavy atom. The standard InChI is InChI=1S/C19H16N2O4/c22-18(10-9-16-6-3-11-24-16)20-21-19(23)13-25-17-8-7-14-4-1-2-5-15(14)12-17/h1-12H,13H2,(H,20,22)(H,21,23). The molecular formula is C19H16N2O4. The lowest BCUT2D eigenvalue weighted by Gasteiger charge is -2.08. The van der Waals surface area contributed by atoms with E-state index in [9.17, 15) is 9.59 Å². The molecule has 0 bridgehead atoms. The van der Waals surface area contributed by atoms with Gasteiger partial charge in [-0.2, -0.15) is 0 Å². The Balaban J connectivity index is 1.45. The molecule has 1 aromatic heterocycles. The minimum atomic E-state index is -0.476. The third kappa shape index (κ3) is 4.71. The number of fused-ring (bicyclic) bond motifs is 1. The van der Waals surface area contributed by atoms with E-state index in [0.29, 0.717) is 11.5 Å². The zero-order valence-corrected chi connectivity index (χ0v) is 13.3. The van der Waals surface area contributed by atoms with Gasteiger partial charge in [0.25, 0.3) is 11.8 Å². The Labute approximate surface area is 144 Å². The summed E-state index contributed by atoms with van der Waals surface area (Å²) < 4.78 is 10.5. The average molecular weight is 336 g/mol. The third-order valence-electron chi connectivity index (χ3n) is 3.36. The zero-order chi connectivity index (χ0) is 17.5. The molecule has 6 nitrogen and oxygen atoms in total. The minimum Gasteiger partial charge on any atom is -0.484 e. The fourth-order valence-electron chi connectivity index (χ4n) is 2.16. The van der Waals surface area contributed by atoms with E-state index >= 15 is 0 Å². The van der Waals surface area contributed by atoms with Crippen molar-refractivity contribution in [3.05, 3.63) is 72.7 Å². The summed E-state index contributed by atoms with van der Waals surface area (Å²) >= 11 is 0. The summed E-state index contributed by atoms with van der Waals surface area (Å²) in [5.74, 6) is 0.183. The maximum absolute atomic E-state index is 11.7. The number of carbonyl (C=O) groups is 2. The van der Waals surface area contributed by atoms with Crippen molar-refractivity contribution in [2.45, 2.75) is 0 Å². The molecule has 2 N–H and O–H groups in total. The van der Waals surface area contributed by atoms with Gasteiger partial charge in [0.2, 0.25) is 0 Å². The molecule has 0 saturated heterocycles. The molecule has 6 heteroatoms. The van der Waals surface area contributed by atoms with E-state index in [1.807, 2.05) is 36.4 Å². The first kappa shape index (κ1) is 16.3. The molecule has 25 heavy (non-hydrogen) atoms. The van der Waals surface area contributed by atoms with Crippen molar-refractivity contribution in [1.29, 1.82) is 0 Å². The molecule has 3 aromatic rings. The second kappa shape index (κ2) is 7.83. The van der Waals surface area contributed by atoms with Crippen molar-refractivity contribution in [2.24, 2.45) is 0 Å². The van der Waals surface area contributed by atoms with Crippen LogP contribution in [0.5, 0.6) is 5.75 Å². The molecule has 2 amide bonds. The molecule has 0 radical (unpaired) electrons. The number of ether oxygens (including phenoxy) is 1. The molecule has 0 aliphatic carbocycles. The average Bonchev–Trinajstić information content (AvgIpc) is 3.16. The van der Waals surface area contributed by atoms with Gasteiger partial charge in [-0.15, -0.1) is 0 Å². The summed E-state index contributed by atoms with van der Waals surface area (Å²) in [4.78, 5) is 23.3. The second-order valence-electron chi connectivity index (χ2n) is 5.18. The molecule has 2 aromatic carbocycles. The van der Waals surface area contributed by atoms with E-state index in [4.69, 9.17) is 9.15 Å². The van der Waals surface area contributed by atoms with E-state index in [1.54, 1.807) is 18.2 Å². The van der Waals surface area contributed by atoms with Crippen molar-refractivity contribution in [1.82, 2.24) is 10.9 Å². The van der Waals surface area contributed by atoms with Gasteiger partial charge in [-0.3, -0.25) is 20.4 Å². The van der Waals surface area contributed by atoms with Crippen LogP contribution in [0.2, 0.25) is 0 Å². The number of amides is 2. The summed E-state index contributed by atoms with van der Waals surface area (Å²) in [5.41, 5.74) is 4.54. The number of nitrogens with one attached hydrogen (secondary N) is 2. The summed E-state index contributed by atoms with van der Waals surface area (Å²) in [6.07, 6.45) is 4.25. The largest absolute Gasteiger partial charge is 0.484 e. The number of hydrazine groups is 1. The number of carbonyl (C=O) groups excluding carboxylic acids is 2. The summed E-state index contributed by atoms with van der Waals surface area (Å²) in [6.45, 7) is -0.208. The molecular weight excluding hydrogens is 320 g/mol. The highest BCUT2D eigenvalue weighted by atomic mass is 16.5. The van der Waals surface area contributed by atoms with Crippen LogP contribution in [0.4, 0.5) is 0 Å². The van der Waals surface area contributed by atoms with E-state index in [1.165, 1.54) is 18.4 Å². The SMILES string of the molecule is O=C(C=Cc1ccco1)NNC(=O)COc1ccc2ccccc2c1. The van der Waals surface area contributed by atoms with Crippen molar-refractivity contribution < 1.29 is 18.7 Å². The number of furan rings is 1. The van der Waals surface area contributed by atoms with Crippen molar-refractivity contribution in [3.8, 4) is 5.75 Å². The van der Waals surface area contributed by atoms with E-state index in [2.05, 4.69) is 10.9 Å². The van der Waals surface area contributed by atoms with Crippen LogP contribution in [0, 0.1) is 0 Å². The second-order valence-corrected chi connectivity index (χ2v) is 5.18. The molecule has 0 fully saturated rings. The monoisotopic (exact) mass is 336 g/mol. The first-order valence-electron chi connectivity index (χ1n) is 7.63. The molecule has 0 spiro atoms. The van der Waals surface area contributed by atoms with Gasteiger partial charge in [0.1, 0.15) is 11.5 Å². The third-order valence-corrected chi connectivity index (χ3v) is 3.36. The maximum Gasteiger partial charge on any atom is 0.276 e. The minimum absolute atomic E-state index is 0.208. The zero-order valence-electron chi connectivity index (χ0n) is 13.3. The first-order valence-corrected chi connectivity index (χ1v) is 7.63. The lowest BCUT2D eigenvalue weighted by molar-refractivity contribution is -0.128. The van der Waals surface area contributed by atoms with Crippen LogP contribution >= 0.6 is 0 Å². The topological polar surface area (TPSA) is 80.6 Å². The number of hydrogen-bond donors (Lipinski definition) is 2. The van der Waals surface area contributed by atoms with Gasteiger partial charge in [0, 0.05) is 6.08 Å². The Morgan fingerprint density at radius 2 is 1.84 bits per heavy atom. The molecule has 0 saturated carbocycles. The molecule has 0 aliphatic heterocycles.